The molecule has 5 rings (SSSR count). The number of rotatable bonds is 4. The number of carbonyl (C=O) groups is 1. The van der Waals surface area contributed by atoms with Crippen molar-refractivity contribution in [1.82, 2.24) is 24.5 Å². The molecule has 4 N–H and O–H groups in total. The van der Waals surface area contributed by atoms with Crippen LogP contribution in [0.5, 0.6) is 5.75 Å². The second kappa shape index (κ2) is 8.44. The largest absolute Gasteiger partial charge is 0.508 e. The molecule has 0 saturated heterocycles. The smallest absolute Gasteiger partial charge is 0.259 e. The summed E-state index contributed by atoms with van der Waals surface area (Å²) in [5.41, 5.74) is 8.22. The van der Waals surface area contributed by atoms with Gasteiger partial charge in [0.1, 0.15) is 11.3 Å². The molecule has 0 radical (unpaired) electrons. The minimum atomic E-state index is -0.640. The Balaban J connectivity index is 1.70. The number of pyridine rings is 1. The fourth-order valence-electron chi connectivity index (χ4n) is 4.46. The van der Waals surface area contributed by atoms with Gasteiger partial charge >= 0.3 is 0 Å². The fourth-order valence-corrected chi connectivity index (χ4v) is 4.75. The van der Waals surface area contributed by atoms with Crippen LogP contribution in [0.4, 0.5) is 5.82 Å². The molecule has 5 aromatic rings. The van der Waals surface area contributed by atoms with Gasteiger partial charge in [0.05, 0.1) is 33.2 Å². The van der Waals surface area contributed by atoms with E-state index in [-0.39, 0.29) is 33.0 Å². The topological polar surface area (TPSA) is 128 Å². The summed E-state index contributed by atoms with van der Waals surface area (Å²) in [5, 5.41) is 17.7. The van der Waals surface area contributed by atoms with E-state index in [2.05, 4.69) is 15.4 Å². The number of aromatic hydroxyl groups is 1. The van der Waals surface area contributed by atoms with E-state index in [9.17, 15) is 14.7 Å². The molecule has 3 aromatic heterocycles. The van der Waals surface area contributed by atoms with Gasteiger partial charge in [-0.25, -0.2) is 9.50 Å². The lowest BCUT2D eigenvalue weighted by Crippen LogP contribution is -2.31. The molecule has 176 valence electrons. The van der Waals surface area contributed by atoms with Crippen molar-refractivity contribution in [3.63, 3.8) is 0 Å². The van der Waals surface area contributed by atoms with E-state index < -0.39 is 11.9 Å². The molecule has 3 heterocycles. The third-order valence-corrected chi connectivity index (χ3v) is 6.25. The molecule has 1 atom stereocenters. The zero-order valence-electron chi connectivity index (χ0n) is 18.9. The molecule has 0 unspecified atom stereocenters. The highest BCUT2D eigenvalue weighted by Crippen LogP contribution is 2.33. The highest BCUT2D eigenvalue weighted by Gasteiger charge is 2.26. The van der Waals surface area contributed by atoms with Crippen LogP contribution < -0.4 is 16.5 Å². The molecule has 0 aliphatic rings. The molecule has 0 bridgehead atoms. The zero-order chi connectivity index (χ0) is 24.9. The van der Waals surface area contributed by atoms with Gasteiger partial charge in [0.15, 0.2) is 16.9 Å². The van der Waals surface area contributed by atoms with Gasteiger partial charge in [-0.05, 0) is 24.6 Å². The van der Waals surface area contributed by atoms with Gasteiger partial charge in [-0.15, -0.1) is 5.10 Å². The van der Waals surface area contributed by atoms with E-state index in [1.54, 1.807) is 37.0 Å². The fraction of sp³-hybridized carbons (Fsp3) is 0.120. The van der Waals surface area contributed by atoms with Crippen LogP contribution in [0.1, 0.15) is 29.0 Å². The summed E-state index contributed by atoms with van der Waals surface area (Å²) < 4.78 is 3.19. The van der Waals surface area contributed by atoms with E-state index in [0.717, 1.165) is 0 Å². The van der Waals surface area contributed by atoms with Crippen molar-refractivity contribution in [3.8, 4) is 16.9 Å². The first kappa shape index (κ1) is 22.4. The van der Waals surface area contributed by atoms with Gasteiger partial charge in [-0.2, -0.15) is 0 Å². The van der Waals surface area contributed by atoms with Crippen LogP contribution >= 0.6 is 11.6 Å². The zero-order valence-corrected chi connectivity index (χ0v) is 19.6. The third kappa shape index (κ3) is 3.66. The van der Waals surface area contributed by atoms with E-state index in [1.807, 2.05) is 30.3 Å². The average Bonchev–Trinajstić information content (AvgIpc) is 3.16. The number of fused-ring (bicyclic) bond motifs is 2. The predicted octanol–water partition coefficient (Wildman–Crippen LogP) is 3.68. The number of hydrogen-bond acceptors (Lipinski definition) is 6. The van der Waals surface area contributed by atoms with Gasteiger partial charge in [-0.3, -0.25) is 9.59 Å². The van der Waals surface area contributed by atoms with Crippen LogP contribution in [0.15, 0.2) is 65.7 Å². The molecule has 9 nitrogen and oxygen atoms in total. The summed E-state index contributed by atoms with van der Waals surface area (Å²) in [6.45, 7) is 1.77. The van der Waals surface area contributed by atoms with E-state index in [1.165, 1.54) is 16.6 Å². The maximum absolute atomic E-state index is 13.7. The summed E-state index contributed by atoms with van der Waals surface area (Å²) in [6, 6.07) is 13.0. The van der Waals surface area contributed by atoms with Crippen molar-refractivity contribution < 1.29 is 9.90 Å². The summed E-state index contributed by atoms with van der Waals surface area (Å²) in [7, 11) is 1.76. The number of benzene rings is 2. The summed E-state index contributed by atoms with van der Waals surface area (Å²) in [5.74, 6) is -0.511. The second-order valence-electron chi connectivity index (χ2n) is 8.18. The molecule has 0 saturated carbocycles. The molecule has 0 spiro atoms. The first-order valence-electron chi connectivity index (χ1n) is 10.8. The number of amides is 1. The lowest BCUT2D eigenvalue weighted by Gasteiger charge is -2.23. The van der Waals surface area contributed by atoms with Crippen molar-refractivity contribution in [2.24, 2.45) is 7.05 Å². The van der Waals surface area contributed by atoms with Crippen LogP contribution in [0.3, 0.4) is 0 Å². The number of hydrogen-bond donors (Lipinski definition) is 3. The van der Waals surface area contributed by atoms with Gasteiger partial charge in [-0.1, -0.05) is 41.9 Å². The number of aromatic nitrogens is 4. The maximum Gasteiger partial charge on any atom is 0.259 e. The maximum atomic E-state index is 13.7. The summed E-state index contributed by atoms with van der Waals surface area (Å²) >= 11 is 6.38. The lowest BCUT2D eigenvalue weighted by atomic mass is 9.96. The first-order chi connectivity index (χ1) is 16.8. The van der Waals surface area contributed by atoms with Gasteiger partial charge in [0.2, 0.25) is 0 Å². The Morgan fingerprint density at radius 2 is 1.94 bits per heavy atom. The van der Waals surface area contributed by atoms with Gasteiger partial charge < -0.3 is 20.7 Å². The SMILES string of the molecule is C[C@H](NC(=O)c1c(N)nn2cccnc12)c1c(-c2ccccc2)c(=O)c2c(Cl)cc(O)cc2n1C. The Bertz CT molecular complexity index is 1680. The Morgan fingerprint density at radius 3 is 2.69 bits per heavy atom. The Kier molecular flexibility index (Phi) is 5.41. The lowest BCUT2D eigenvalue weighted by molar-refractivity contribution is 0.0941. The standard InChI is InChI=1S/C25H21ClN6O3/c1-13(29-25(35)20-23(27)30-32-10-6-9-28-24(20)32)21-18(14-7-4-3-5-8-14)22(34)19-16(26)11-15(33)12-17(19)31(21)2/h3-13,33H,1-2H3,(H2,27,30)(H,29,35)/t13-/m0/s1. The molecular weight excluding hydrogens is 468 g/mol. The van der Waals surface area contributed by atoms with Gasteiger partial charge in [0.25, 0.3) is 5.91 Å². The Labute approximate surface area is 204 Å². The second-order valence-corrected chi connectivity index (χ2v) is 8.59. The van der Waals surface area contributed by atoms with Crippen molar-refractivity contribution in [1.29, 1.82) is 0 Å². The number of carbonyl (C=O) groups excluding carboxylic acids is 1. The van der Waals surface area contributed by atoms with E-state index in [0.29, 0.717) is 28.0 Å². The van der Waals surface area contributed by atoms with Crippen LogP contribution in [-0.2, 0) is 7.05 Å². The van der Waals surface area contributed by atoms with Crippen molar-refractivity contribution in [3.05, 3.63) is 87.4 Å². The molecule has 2 aromatic carbocycles. The molecule has 0 fully saturated rings. The number of anilines is 1. The molecule has 1 amide bonds. The van der Waals surface area contributed by atoms with Crippen molar-refractivity contribution >= 4 is 39.9 Å². The molecule has 0 aliphatic heterocycles. The van der Waals surface area contributed by atoms with Crippen LogP contribution in [0.2, 0.25) is 5.02 Å². The highest BCUT2D eigenvalue weighted by molar-refractivity contribution is 6.35. The normalized spacial score (nSPS) is 12.2. The number of halogens is 1. The number of nitrogen functional groups attached to an aromatic ring is 1. The van der Waals surface area contributed by atoms with E-state index in [4.69, 9.17) is 17.3 Å². The molecule has 35 heavy (non-hydrogen) atoms. The quantitative estimate of drug-likeness (QED) is 0.354. The van der Waals surface area contributed by atoms with Crippen LogP contribution in [0, 0.1) is 0 Å². The number of aryl methyl sites for hydroxylation is 1. The highest BCUT2D eigenvalue weighted by atomic mass is 35.5. The van der Waals surface area contributed by atoms with E-state index >= 15 is 0 Å². The predicted molar refractivity (Wildman–Crippen MR) is 135 cm³/mol. The third-order valence-electron chi connectivity index (χ3n) is 5.96. The molecule has 10 heteroatoms. The number of phenols is 1. The number of nitrogens with zero attached hydrogens (tertiary/aromatic N) is 4. The van der Waals surface area contributed by atoms with Crippen LogP contribution in [0.25, 0.3) is 27.7 Å². The molecular formula is C25H21ClN6O3. The first-order valence-corrected chi connectivity index (χ1v) is 11.2. The number of phenolic OH excluding ortho intramolecular Hbond substituents is 1. The molecule has 0 aliphatic carbocycles. The summed E-state index contributed by atoms with van der Waals surface area (Å²) in [6.07, 6.45) is 3.20. The summed E-state index contributed by atoms with van der Waals surface area (Å²) in [4.78, 5) is 31.3. The minimum Gasteiger partial charge on any atom is -0.508 e. The number of nitrogens with two attached hydrogens (primary N) is 1. The van der Waals surface area contributed by atoms with Crippen LogP contribution in [-0.4, -0.2) is 30.2 Å². The Hall–Kier alpha value is -4.37. The number of nitrogens with one attached hydrogen (secondary N) is 1. The van der Waals surface area contributed by atoms with Gasteiger partial charge in [0, 0.05) is 25.5 Å². The van der Waals surface area contributed by atoms with Crippen molar-refractivity contribution in [2.75, 3.05) is 5.73 Å². The monoisotopic (exact) mass is 488 g/mol. The Morgan fingerprint density at radius 1 is 1.20 bits per heavy atom. The van der Waals surface area contributed by atoms with Crippen molar-refractivity contribution in [2.45, 2.75) is 13.0 Å². The average molecular weight is 489 g/mol. The minimum absolute atomic E-state index is 0.0424.